The maximum Gasteiger partial charge on any atom is 0.122 e. The topological polar surface area (TPSA) is 67.5 Å². The summed E-state index contributed by atoms with van der Waals surface area (Å²) < 4.78 is 5.44. The average Bonchev–Trinajstić information content (AvgIpc) is 2.29. The molecule has 0 saturated carbocycles. The normalized spacial score (nSPS) is 12.2. The Bertz CT molecular complexity index is 329. The molecular weight excluding hydrogens is 204 g/mol. The van der Waals surface area contributed by atoms with Crippen LogP contribution in [0.4, 0.5) is 5.69 Å². The highest BCUT2D eigenvalue weighted by molar-refractivity contribution is 5.50. The number of anilines is 1. The number of hydrogen-bond donors (Lipinski definition) is 3. The molecular formula is C12H20N2O2. The van der Waals surface area contributed by atoms with Crippen molar-refractivity contribution in [1.82, 2.24) is 0 Å². The Morgan fingerprint density at radius 3 is 2.81 bits per heavy atom. The van der Waals surface area contributed by atoms with Crippen LogP contribution < -0.4 is 15.8 Å². The van der Waals surface area contributed by atoms with E-state index in [0.29, 0.717) is 13.2 Å². The summed E-state index contributed by atoms with van der Waals surface area (Å²) in [6, 6.07) is 5.85. The zero-order valence-electron chi connectivity index (χ0n) is 9.86. The first-order valence-electron chi connectivity index (χ1n) is 5.52. The maximum atomic E-state index is 9.32. The van der Waals surface area contributed by atoms with E-state index in [9.17, 15) is 5.11 Å². The van der Waals surface area contributed by atoms with E-state index >= 15 is 0 Å². The number of aliphatic hydroxyl groups excluding tert-OH is 1. The van der Waals surface area contributed by atoms with E-state index in [1.807, 2.05) is 32.0 Å². The molecule has 4 nitrogen and oxygen atoms in total. The smallest absolute Gasteiger partial charge is 0.122 e. The number of nitrogens with two attached hydrogens (primary N) is 1. The van der Waals surface area contributed by atoms with E-state index in [4.69, 9.17) is 10.5 Å². The van der Waals surface area contributed by atoms with Crippen molar-refractivity contribution in [2.75, 3.05) is 25.0 Å². The van der Waals surface area contributed by atoms with Gasteiger partial charge in [0.15, 0.2) is 0 Å². The molecule has 1 aromatic carbocycles. The Balaban J connectivity index is 2.59. The van der Waals surface area contributed by atoms with Crippen LogP contribution in [0.5, 0.6) is 5.75 Å². The Morgan fingerprint density at radius 2 is 2.25 bits per heavy atom. The van der Waals surface area contributed by atoms with Crippen molar-refractivity contribution in [2.45, 2.75) is 20.0 Å². The largest absolute Gasteiger partial charge is 0.494 e. The van der Waals surface area contributed by atoms with Gasteiger partial charge in [0.25, 0.3) is 0 Å². The lowest BCUT2D eigenvalue weighted by atomic mass is 10.2. The van der Waals surface area contributed by atoms with Crippen LogP contribution in [0.1, 0.15) is 12.5 Å². The molecule has 4 N–H and O–H groups in total. The molecule has 1 rings (SSSR count). The van der Waals surface area contributed by atoms with Gasteiger partial charge in [-0.05, 0) is 37.6 Å². The number of rotatable bonds is 6. The molecule has 0 spiro atoms. The van der Waals surface area contributed by atoms with Crippen molar-refractivity contribution in [2.24, 2.45) is 5.73 Å². The third-order valence-corrected chi connectivity index (χ3v) is 2.29. The van der Waals surface area contributed by atoms with Crippen LogP contribution in [0.2, 0.25) is 0 Å². The van der Waals surface area contributed by atoms with Crippen molar-refractivity contribution in [3.8, 4) is 5.75 Å². The van der Waals surface area contributed by atoms with Gasteiger partial charge in [-0.25, -0.2) is 0 Å². The molecule has 0 aromatic heterocycles. The second-order valence-electron chi connectivity index (χ2n) is 3.68. The minimum absolute atomic E-state index is 0.267. The highest BCUT2D eigenvalue weighted by atomic mass is 16.5. The van der Waals surface area contributed by atoms with Crippen LogP contribution >= 0.6 is 0 Å². The van der Waals surface area contributed by atoms with E-state index in [-0.39, 0.29) is 6.54 Å². The fourth-order valence-corrected chi connectivity index (χ4v) is 1.40. The molecule has 4 heteroatoms. The number of nitrogens with one attached hydrogen (secondary N) is 1. The lowest BCUT2D eigenvalue weighted by molar-refractivity contribution is 0.196. The summed E-state index contributed by atoms with van der Waals surface area (Å²) in [5, 5.41) is 12.4. The van der Waals surface area contributed by atoms with Gasteiger partial charge in [-0.15, -0.1) is 0 Å². The van der Waals surface area contributed by atoms with Crippen LogP contribution in [0, 0.1) is 6.92 Å². The minimum atomic E-state index is -0.508. The fourth-order valence-electron chi connectivity index (χ4n) is 1.40. The van der Waals surface area contributed by atoms with Gasteiger partial charge in [-0.3, -0.25) is 0 Å². The average molecular weight is 224 g/mol. The maximum absolute atomic E-state index is 9.32. The molecule has 0 heterocycles. The minimum Gasteiger partial charge on any atom is -0.494 e. The fraction of sp³-hybridized carbons (Fsp3) is 0.500. The third-order valence-electron chi connectivity index (χ3n) is 2.29. The van der Waals surface area contributed by atoms with Crippen LogP contribution in [0.3, 0.4) is 0 Å². The SMILES string of the molecule is CCOc1ccc(NCC(O)CN)cc1C. The summed E-state index contributed by atoms with van der Waals surface area (Å²) in [4.78, 5) is 0. The van der Waals surface area contributed by atoms with Gasteiger partial charge >= 0.3 is 0 Å². The van der Waals surface area contributed by atoms with Crippen molar-refractivity contribution < 1.29 is 9.84 Å². The summed E-state index contributed by atoms with van der Waals surface area (Å²) in [6.45, 7) is 5.35. The van der Waals surface area contributed by atoms with E-state index < -0.39 is 6.10 Å². The van der Waals surface area contributed by atoms with Gasteiger partial charge in [0, 0.05) is 18.8 Å². The van der Waals surface area contributed by atoms with Crippen LogP contribution in [-0.4, -0.2) is 30.9 Å². The van der Waals surface area contributed by atoms with E-state index in [2.05, 4.69) is 5.32 Å². The third kappa shape index (κ3) is 3.72. The van der Waals surface area contributed by atoms with Gasteiger partial charge < -0.3 is 20.9 Å². The number of ether oxygens (including phenoxy) is 1. The summed E-state index contributed by atoms with van der Waals surface area (Å²) in [7, 11) is 0. The highest BCUT2D eigenvalue weighted by Gasteiger charge is 2.03. The van der Waals surface area contributed by atoms with Gasteiger partial charge in [-0.2, -0.15) is 0 Å². The van der Waals surface area contributed by atoms with Gasteiger partial charge in [0.1, 0.15) is 5.75 Å². The predicted octanol–water partition coefficient (Wildman–Crippen LogP) is 1.13. The van der Waals surface area contributed by atoms with E-state index in [0.717, 1.165) is 17.0 Å². The number of aliphatic hydroxyl groups is 1. The van der Waals surface area contributed by atoms with Crippen LogP contribution in [0.25, 0.3) is 0 Å². The zero-order chi connectivity index (χ0) is 12.0. The lowest BCUT2D eigenvalue weighted by Crippen LogP contribution is -2.27. The predicted molar refractivity (Wildman–Crippen MR) is 65.9 cm³/mol. The first-order valence-corrected chi connectivity index (χ1v) is 5.52. The molecule has 0 aliphatic carbocycles. The van der Waals surface area contributed by atoms with Crippen LogP contribution in [0.15, 0.2) is 18.2 Å². The molecule has 1 aromatic rings. The number of hydrogen-bond acceptors (Lipinski definition) is 4. The number of benzene rings is 1. The van der Waals surface area contributed by atoms with Crippen molar-refractivity contribution >= 4 is 5.69 Å². The molecule has 0 radical (unpaired) electrons. The molecule has 16 heavy (non-hydrogen) atoms. The second-order valence-corrected chi connectivity index (χ2v) is 3.68. The Morgan fingerprint density at radius 1 is 1.50 bits per heavy atom. The molecule has 1 unspecified atom stereocenters. The van der Waals surface area contributed by atoms with Gasteiger partial charge in [0.2, 0.25) is 0 Å². The van der Waals surface area contributed by atoms with Crippen molar-refractivity contribution in [3.05, 3.63) is 23.8 Å². The van der Waals surface area contributed by atoms with E-state index in [1.165, 1.54) is 0 Å². The first-order chi connectivity index (χ1) is 7.67. The highest BCUT2D eigenvalue weighted by Crippen LogP contribution is 2.21. The summed E-state index contributed by atoms with van der Waals surface area (Å²) in [5.74, 6) is 0.896. The molecule has 0 saturated heterocycles. The van der Waals surface area contributed by atoms with Gasteiger partial charge in [0.05, 0.1) is 12.7 Å². The second kappa shape index (κ2) is 6.35. The van der Waals surface area contributed by atoms with Gasteiger partial charge in [-0.1, -0.05) is 0 Å². The molecule has 0 fully saturated rings. The Labute approximate surface area is 96.4 Å². The van der Waals surface area contributed by atoms with E-state index in [1.54, 1.807) is 0 Å². The lowest BCUT2D eigenvalue weighted by Gasteiger charge is -2.13. The Hall–Kier alpha value is -1.26. The van der Waals surface area contributed by atoms with Crippen molar-refractivity contribution in [3.63, 3.8) is 0 Å². The standard InChI is InChI=1S/C12H20N2O2/c1-3-16-12-5-4-10(6-9(12)2)14-8-11(15)7-13/h4-6,11,14-15H,3,7-8,13H2,1-2H3. The molecule has 0 bridgehead atoms. The summed E-state index contributed by atoms with van der Waals surface area (Å²) in [6.07, 6.45) is -0.508. The first kappa shape index (κ1) is 12.8. The Kier molecular flexibility index (Phi) is 5.08. The molecule has 1 atom stereocenters. The molecule has 0 aliphatic heterocycles. The summed E-state index contributed by atoms with van der Waals surface area (Å²) in [5.41, 5.74) is 7.36. The molecule has 0 amide bonds. The quantitative estimate of drug-likeness (QED) is 0.677. The molecule has 0 aliphatic rings. The van der Waals surface area contributed by atoms with Crippen LogP contribution in [-0.2, 0) is 0 Å². The summed E-state index contributed by atoms with van der Waals surface area (Å²) >= 11 is 0. The molecule has 90 valence electrons. The zero-order valence-corrected chi connectivity index (χ0v) is 9.86. The monoisotopic (exact) mass is 224 g/mol. The van der Waals surface area contributed by atoms with Crippen molar-refractivity contribution in [1.29, 1.82) is 0 Å². The number of aryl methyl sites for hydroxylation is 1.